The Balaban J connectivity index is 2.81. The van der Waals surface area contributed by atoms with Gasteiger partial charge in [-0.3, -0.25) is 0 Å². The van der Waals surface area contributed by atoms with Crippen LogP contribution in [0.4, 0.5) is 13.2 Å². The zero-order valence-electron chi connectivity index (χ0n) is 8.77. The molecule has 0 atom stereocenters. The molecule has 0 saturated carbocycles. The first kappa shape index (κ1) is 13.2. The van der Waals surface area contributed by atoms with Crippen molar-refractivity contribution in [2.45, 2.75) is 26.1 Å². The normalized spacial score (nSPS) is 11.6. The second kappa shape index (κ2) is 5.43. The van der Waals surface area contributed by atoms with Crippen LogP contribution in [0.5, 0.6) is 5.75 Å². The van der Waals surface area contributed by atoms with Crippen molar-refractivity contribution in [1.82, 2.24) is 0 Å². The lowest BCUT2D eigenvalue weighted by atomic mass is 10.1. The van der Waals surface area contributed by atoms with E-state index in [0.717, 1.165) is 17.5 Å². The van der Waals surface area contributed by atoms with E-state index in [4.69, 9.17) is 11.6 Å². The standard InChI is InChI=1S/C11H12ClF3O/c1-8-5-9(3-2-4-12)7-10(6-8)16-11(13,14)15/h5-7H,2-4H2,1H3. The minimum Gasteiger partial charge on any atom is -0.406 e. The fraction of sp³-hybridized carbons (Fsp3) is 0.455. The maximum atomic E-state index is 12.0. The summed E-state index contributed by atoms with van der Waals surface area (Å²) in [5, 5.41) is 0. The maximum Gasteiger partial charge on any atom is 0.573 e. The number of benzene rings is 1. The molecule has 90 valence electrons. The molecule has 0 fully saturated rings. The van der Waals surface area contributed by atoms with Gasteiger partial charge in [0.2, 0.25) is 0 Å². The van der Waals surface area contributed by atoms with Gasteiger partial charge in [-0.1, -0.05) is 6.07 Å². The average Bonchev–Trinajstić information content (AvgIpc) is 2.10. The molecule has 0 aliphatic rings. The second-order valence-electron chi connectivity index (χ2n) is 3.49. The molecule has 5 heteroatoms. The smallest absolute Gasteiger partial charge is 0.406 e. The van der Waals surface area contributed by atoms with Gasteiger partial charge in [0.1, 0.15) is 5.75 Å². The van der Waals surface area contributed by atoms with Crippen molar-refractivity contribution < 1.29 is 17.9 Å². The molecule has 0 unspecified atom stereocenters. The molecule has 0 aliphatic carbocycles. The Bertz CT molecular complexity index is 350. The first-order chi connectivity index (χ1) is 7.40. The molecule has 0 amide bonds. The van der Waals surface area contributed by atoms with Gasteiger partial charge in [-0.2, -0.15) is 0 Å². The van der Waals surface area contributed by atoms with E-state index < -0.39 is 6.36 Å². The molecule has 0 N–H and O–H groups in total. The summed E-state index contributed by atoms with van der Waals surface area (Å²) >= 11 is 5.53. The van der Waals surface area contributed by atoms with Crippen LogP contribution in [0.25, 0.3) is 0 Å². The number of halogens is 4. The Hall–Kier alpha value is -0.900. The topological polar surface area (TPSA) is 9.23 Å². The van der Waals surface area contributed by atoms with Crippen LogP contribution in [0.2, 0.25) is 0 Å². The second-order valence-corrected chi connectivity index (χ2v) is 3.87. The molecular formula is C11H12ClF3O. The highest BCUT2D eigenvalue weighted by atomic mass is 35.5. The SMILES string of the molecule is Cc1cc(CCCCl)cc(OC(F)(F)F)c1. The Morgan fingerprint density at radius 2 is 1.94 bits per heavy atom. The summed E-state index contributed by atoms with van der Waals surface area (Å²) in [6, 6.07) is 4.58. The van der Waals surface area contributed by atoms with Crippen molar-refractivity contribution in [3.63, 3.8) is 0 Å². The molecule has 1 rings (SSSR count). The summed E-state index contributed by atoms with van der Waals surface area (Å²) in [5.74, 6) is 0.320. The molecule has 0 aromatic heterocycles. The third kappa shape index (κ3) is 4.75. The highest BCUT2D eigenvalue weighted by molar-refractivity contribution is 6.17. The van der Waals surface area contributed by atoms with E-state index in [0.29, 0.717) is 12.3 Å². The number of ether oxygens (including phenoxy) is 1. The molecule has 16 heavy (non-hydrogen) atoms. The van der Waals surface area contributed by atoms with Crippen LogP contribution in [0.1, 0.15) is 17.5 Å². The first-order valence-corrected chi connectivity index (χ1v) is 5.36. The summed E-state index contributed by atoms with van der Waals surface area (Å²) < 4.78 is 39.9. The van der Waals surface area contributed by atoms with Gasteiger partial charge >= 0.3 is 6.36 Å². The van der Waals surface area contributed by atoms with Gasteiger partial charge in [0.05, 0.1) is 0 Å². The predicted molar refractivity (Wildman–Crippen MR) is 56.9 cm³/mol. The van der Waals surface area contributed by atoms with E-state index in [1.807, 2.05) is 6.07 Å². The van der Waals surface area contributed by atoms with Crippen molar-refractivity contribution in [1.29, 1.82) is 0 Å². The third-order valence-electron chi connectivity index (χ3n) is 1.94. The number of alkyl halides is 4. The molecule has 1 aromatic carbocycles. The van der Waals surface area contributed by atoms with Crippen LogP contribution < -0.4 is 4.74 Å². The quantitative estimate of drug-likeness (QED) is 0.734. The van der Waals surface area contributed by atoms with Crippen molar-refractivity contribution in [2.24, 2.45) is 0 Å². The van der Waals surface area contributed by atoms with Crippen LogP contribution in [-0.4, -0.2) is 12.2 Å². The van der Waals surface area contributed by atoms with Gasteiger partial charge in [0.25, 0.3) is 0 Å². The predicted octanol–water partition coefficient (Wildman–Crippen LogP) is 4.07. The largest absolute Gasteiger partial charge is 0.573 e. The van der Waals surface area contributed by atoms with Crippen molar-refractivity contribution in [3.05, 3.63) is 29.3 Å². The zero-order valence-corrected chi connectivity index (χ0v) is 9.53. The number of hydrogen-bond donors (Lipinski definition) is 0. The van der Waals surface area contributed by atoms with E-state index in [-0.39, 0.29) is 5.75 Å². The number of rotatable bonds is 4. The highest BCUT2D eigenvalue weighted by Gasteiger charge is 2.31. The van der Waals surface area contributed by atoms with Gasteiger partial charge in [0.15, 0.2) is 0 Å². The highest BCUT2D eigenvalue weighted by Crippen LogP contribution is 2.25. The average molecular weight is 253 g/mol. The molecule has 1 nitrogen and oxygen atoms in total. The Morgan fingerprint density at radius 3 is 2.50 bits per heavy atom. The van der Waals surface area contributed by atoms with E-state index in [1.54, 1.807) is 6.92 Å². The van der Waals surface area contributed by atoms with E-state index in [9.17, 15) is 13.2 Å². The molecule has 0 spiro atoms. The molecular weight excluding hydrogens is 241 g/mol. The molecule has 0 heterocycles. The molecule has 1 aromatic rings. The van der Waals surface area contributed by atoms with Crippen molar-refractivity contribution in [2.75, 3.05) is 5.88 Å². The van der Waals surface area contributed by atoms with Crippen molar-refractivity contribution in [3.8, 4) is 5.75 Å². The van der Waals surface area contributed by atoms with Gasteiger partial charge in [0, 0.05) is 5.88 Å². The Labute approximate surface area is 97.2 Å². The Kier molecular flexibility index (Phi) is 4.47. The molecule has 0 aliphatic heterocycles. The Morgan fingerprint density at radius 1 is 1.25 bits per heavy atom. The molecule has 0 radical (unpaired) electrons. The summed E-state index contributed by atoms with van der Waals surface area (Å²) in [7, 11) is 0. The number of hydrogen-bond acceptors (Lipinski definition) is 1. The minimum absolute atomic E-state index is 0.169. The summed E-state index contributed by atoms with van der Waals surface area (Å²) in [6.45, 7) is 1.73. The van der Waals surface area contributed by atoms with Crippen LogP contribution >= 0.6 is 11.6 Å². The fourth-order valence-corrected chi connectivity index (χ4v) is 1.57. The first-order valence-electron chi connectivity index (χ1n) is 4.83. The fourth-order valence-electron chi connectivity index (χ4n) is 1.43. The van der Waals surface area contributed by atoms with E-state index in [2.05, 4.69) is 4.74 Å². The summed E-state index contributed by atoms with van der Waals surface area (Å²) in [6.07, 6.45) is -3.26. The van der Waals surface area contributed by atoms with Crippen LogP contribution in [0.15, 0.2) is 18.2 Å². The lowest BCUT2D eigenvalue weighted by Gasteiger charge is -2.11. The number of aryl methyl sites for hydroxylation is 2. The van der Waals surface area contributed by atoms with E-state index >= 15 is 0 Å². The minimum atomic E-state index is -4.64. The maximum absolute atomic E-state index is 12.0. The summed E-state index contributed by atoms with van der Waals surface area (Å²) in [5.41, 5.74) is 1.55. The monoisotopic (exact) mass is 252 g/mol. The summed E-state index contributed by atoms with van der Waals surface area (Å²) in [4.78, 5) is 0. The van der Waals surface area contributed by atoms with Gasteiger partial charge in [-0.05, 0) is 43.0 Å². The van der Waals surface area contributed by atoms with Crippen LogP contribution in [0, 0.1) is 6.92 Å². The zero-order chi connectivity index (χ0) is 12.2. The van der Waals surface area contributed by atoms with Crippen LogP contribution in [-0.2, 0) is 6.42 Å². The van der Waals surface area contributed by atoms with Gasteiger partial charge in [-0.25, -0.2) is 0 Å². The van der Waals surface area contributed by atoms with Crippen molar-refractivity contribution >= 4 is 11.6 Å². The van der Waals surface area contributed by atoms with E-state index in [1.165, 1.54) is 12.1 Å². The lowest BCUT2D eigenvalue weighted by molar-refractivity contribution is -0.274. The van der Waals surface area contributed by atoms with Gasteiger partial charge < -0.3 is 4.74 Å². The molecule has 0 saturated heterocycles. The van der Waals surface area contributed by atoms with Gasteiger partial charge in [-0.15, -0.1) is 24.8 Å². The van der Waals surface area contributed by atoms with Crippen LogP contribution in [0.3, 0.4) is 0 Å². The lowest BCUT2D eigenvalue weighted by Crippen LogP contribution is -2.17. The molecule has 0 bridgehead atoms. The third-order valence-corrected chi connectivity index (χ3v) is 2.21.